The predicted octanol–water partition coefficient (Wildman–Crippen LogP) is 5.18. The minimum absolute atomic E-state index is 0.146. The number of thiophene rings is 1. The smallest absolute Gasteiger partial charge is 0.245 e. The van der Waals surface area contributed by atoms with Gasteiger partial charge in [-0.3, -0.25) is 14.5 Å². The molecular weight excluding hydrogens is 451 g/mol. The Kier molecular flexibility index (Phi) is 6.23. The average Bonchev–Trinajstić information content (AvgIpc) is 3.30. The second-order valence-electron chi connectivity index (χ2n) is 5.96. The largest absolute Gasteiger partial charge is 0.337 e. The molecule has 1 atom stereocenters. The van der Waals surface area contributed by atoms with Gasteiger partial charge in [-0.1, -0.05) is 22.0 Å². The van der Waals surface area contributed by atoms with Crippen LogP contribution in [0.2, 0.25) is 0 Å². The van der Waals surface area contributed by atoms with Gasteiger partial charge in [0, 0.05) is 23.1 Å². The second kappa shape index (κ2) is 8.45. The van der Waals surface area contributed by atoms with Crippen LogP contribution < -0.4 is 0 Å². The fourth-order valence-corrected chi connectivity index (χ4v) is 4.24. The number of aromatic nitrogens is 3. The summed E-state index contributed by atoms with van der Waals surface area (Å²) in [5, 5.41) is 8.99. The van der Waals surface area contributed by atoms with E-state index in [1.54, 1.807) is 28.5 Å². The van der Waals surface area contributed by atoms with Crippen molar-refractivity contribution in [1.82, 2.24) is 19.7 Å². The molecule has 1 aromatic carbocycles. The van der Waals surface area contributed by atoms with E-state index in [-0.39, 0.29) is 18.3 Å². The number of H-pyrrole nitrogens is 1. The Labute approximate surface area is 174 Å². The molecule has 3 aromatic rings. The van der Waals surface area contributed by atoms with Crippen LogP contribution in [0.5, 0.6) is 0 Å². The lowest BCUT2D eigenvalue weighted by molar-refractivity contribution is -0.134. The molecule has 27 heavy (non-hydrogen) atoms. The standard InChI is InChI=1S/C18H18BrFN4OS2/c1-3-23(10-12-9-13(19)6-7-14(12)20)17(25)11(2)24-16(21-22-18(24)26)15-5-4-8-27-15/h4-9,11H,3,10H2,1-2H3,(H,22,26). The van der Waals surface area contributed by atoms with Crippen molar-refractivity contribution < 1.29 is 9.18 Å². The Balaban J connectivity index is 1.89. The summed E-state index contributed by atoms with van der Waals surface area (Å²) in [6, 6.07) is 8.00. The summed E-state index contributed by atoms with van der Waals surface area (Å²) in [5.74, 6) is 0.143. The fourth-order valence-electron chi connectivity index (χ4n) is 2.83. The maximum absolute atomic E-state index is 14.1. The highest BCUT2D eigenvalue weighted by Crippen LogP contribution is 2.27. The SMILES string of the molecule is CCN(Cc1cc(Br)ccc1F)C(=O)C(C)n1c(-c2cccs2)n[nH]c1=S. The number of carbonyl (C=O) groups excluding carboxylic acids is 1. The van der Waals surface area contributed by atoms with Crippen molar-refractivity contribution in [3.8, 4) is 10.7 Å². The summed E-state index contributed by atoms with van der Waals surface area (Å²) in [6.45, 7) is 4.29. The average molecular weight is 469 g/mol. The van der Waals surface area contributed by atoms with Crippen LogP contribution in [0.4, 0.5) is 4.39 Å². The first-order chi connectivity index (χ1) is 12.9. The zero-order valence-electron chi connectivity index (χ0n) is 14.8. The van der Waals surface area contributed by atoms with Gasteiger partial charge in [0.1, 0.15) is 11.9 Å². The summed E-state index contributed by atoms with van der Waals surface area (Å²) in [5.41, 5.74) is 0.459. The summed E-state index contributed by atoms with van der Waals surface area (Å²) in [7, 11) is 0. The van der Waals surface area contributed by atoms with Crippen LogP contribution in [0.3, 0.4) is 0 Å². The molecule has 0 aliphatic carbocycles. The number of nitrogens with one attached hydrogen (secondary N) is 1. The van der Waals surface area contributed by atoms with Crippen molar-refractivity contribution in [3.63, 3.8) is 0 Å². The highest BCUT2D eigenvalue weighted by molar-refractivity contribution is 9.10. The summed E-state index contributed by atoms with van der Waals surface area (Å²) in [6.07, 6.45) is 0. The first-order valence-corrected chi connectivity index (χ1v) is 10.4. The summed E-state index contributed by atoms with van der Waals surface area (Å²) < 4.78 is 17.0. The van der Waals surface area contributed by atoms with Crippen LogP contribution in [0, 0.1) is 10.6 Å². The van der Waals surface area contributed by atoms with Crippen molar-refractivity contribution in [2.75, 3.05) is 6.54 Å². The lowest BCUT2D eigenvalue weighted by Gasteiger charge is -2.26. The highest BCUT2D eigenvalue weighted by Gasteiger charge is 2.25. The number of benzene rings is 1. The number of rotatable bonds is 6. The van der Waals surface area contributed by atoms with Gasteiger partial charge in [-0.05, 0) is 55.7 Å². The molecule has 0 aliphatic heterocycles. The minimum Gasteiger partial charge on any atom is -0.337 e. The van der Waals surface area contributed by atoms with Crippen LogP contribution >= 0.6 is 39.5 Å². The van der Waals surface area contributed by atoms with Crippen LogP contribution in [0.15, 0.2) is 40.2 Å². The molecule has 0 spiro atoms. The number of hydrogen-bond acceptors (Lipinski definition) is 4. The quantitative estimate of drug-likeness (QED) is 0.507. The van der Waals surface area contributed by atoms with Gasteiger partial charge in [-0.25, -0.2) is 4.39 Å². The normalized spacial score (nSPS) is 12.1. The van der Waals surface area contributed by atoms with Gasteiger partial charge in [0.05, 0.1) is 4.88 Å². The molecule has 142 valence electrons. The van der Waals surface area contributed by atoms with E-state index in [4.69, 9.17) is 12.2 Å². The van der Waals surface area contributed by atoms with E-state index >= 15 is 0 Å². The zero-order valence-corrected chi connectivity index (χ0v) is 18.0. The lowest BCUT2D eigenvalue weighted by atomic mass is 10.1. The van der Waals surface area contributed by atoms with E-state index in [2.05, 4.69) is 26.1 Å². The van der Waals surface area contributed by atoms with Crippen LogP contribution in [0.25, 0.3) is 10.7 Å². The number of likely N-dealkylation sites (N-methyl/N-ethyl adjacent to an activating group) is 1. The molecule has 1 unspecified atom stereocenters. The van der Waals surface area contributed by atoms with E-state index in [1.807, 2.05) is 24.4 Å². The summed E-state index contributed by atoms with van der Waals surface area (Å²) >= 11 is 10.2. The number of halogens is 2. The van der Waals surface area contributed by atoms with Gasteiger partial charge < -0.3 is 4.90 Å². The Bertz CT molecular complexity index is 999. The third kappa shape index (κ3) is 4.20. The second-order valence-corrected chi connectivity index (χ2v) is 8.21. The minimum atomic E-state index is -0.566. The molecule has 3 rings (SSSR count). The van der Waals surface area contributed by atoms with Crippen LogP contribution in [-0.2, 0) is 11.3 Å². The van der Waals surface area contributed by atoms with Gasteiger partial charge in [0.15, 0.2) is 10.6 Å². The molecule has 5 nitrogen and oxygen atoms in total. The maximum Gasteiger partial charge on any atom is 0.245 e. The molecule has 0 aliphatic rings. The van der Waals surface area contributed by atoms with Gasteiger partial charge in [0.2, 0.25) is 5.91 Å². The number of nitrogens with zero attached hydrogens (tertiary/aromatic N) is 3. The monoisotopic (exact) mass is 468 g/mol. The third-order valence-electron chi connectivity index (χ3n) is 4.25. The molecule has 0 radical (unpaired) electrons. The van der Waals surface area contributed by atoms with Gasteiger partial charge >= 0.3 is 0 Å². The Hall–Kier alpha value is -1.84. The Morgan fingerprint density at radius 1 is 1.48 bits per heavy atom. The van der Waals surface area contributed by atoms with Crippen molar-refractivity contribution in [2.45, 2.75) is 26.4 Å². The number of amides is 1. The molecule has 2 heterocycles. The first-order valence-electron chi connectivity index (χ1n) is 8.35. The number of aromatic amines is 1. The summed E-state index contributed by atoms with van der Waals surface area (Å²) in [4.78, 5) is 15.7. The van der Waals surface area contributed by atoms with Crippen LogP contribution in [-0.4, -0.2) is 32.1 Å². The van der Waals surface area contributed by atoms with Crippen molar-refractivity contribution in [3.05, 3.63) is 56.3 Å². The van der Waals surface area contributed by atoms with E-state index in [0.29, 0.717) is 22.7 Å². The van der Waals surface area contributed by atoms with Crippen LogP contribution in [0.1, 0.15) is 25.5 Å². The molecular formula is C18H18BrFN4OS2. The van der Waals surface area contributed by atoms with Gasteiger partial charge in [-0.15, -0.1) is 11.3 Å². The molecule has 0 fully saturated rings. The van der Waals surface area contributed by atoms with Crippen molar-refractivity contribution >= 4 is 45.4 Å². The Morgan fingerprint density at radius 2 is 2.26 bits per heavy atom. The van der Waals surface area contributed by atoms with E-state index < -0.39 is 6.04 Å². The molecule has 0 bridgehead atoms. The molecule has 9 heteroatoms. The van der Waals surface area contributed by atoms with E-state index in [9.17, 15) is 9.18 Å². The Morgan fingerprint density at radius 3 is 2.93 bits per heavy atom. The fraction of sp³-hybridized carbons (Fsp3) is 0.278. The molecule has 1 amide bonds. The number of hydrogen-bond donors (Lipinski definition) is 1. The van der Waals surface area contributed by atoms with E-state index in [1.165, 1.54) is 17.4 Å². The molecule has 1 N–H and O–H groups in total. The molecule has 2 aromatic heterocycles. The topological polar surface area (TPSA) is 53.9 Å². The van der Waals surface area contributed by atoms with E-state index in [0.717, 1.165) is 9.35 Å². The molecule has 0 saturated heterocycles. The maximum atomic E-state index is 14.1. The van der Waals surface area contributed by atoms with Crippen molar-refractivity contribution in [1.29, 1.82) is 0 Å². The number of carbonyl (C=O) groups is 1. The third-order valence-corrected chi connectivity index (χ3v) is 5.90. The highest BCUT2D eigenvalue weighted by atomic mass is 79.9. The van der Waals surface area contributed by atoms with Gasteiger partial charge in [-0.2, -0.15) is 5.10 Å². The predicted molar refractivity (Wildman–Crippen MR) is 111 cm³/mol. The van der Waals surface area contributed by atoms with Gasteiger partial charge in [0.25, 0.3) is 0 Å². The first kappa shape index (κ1) is 19.9. The lowest BCUT2D eigenvalue weighted by Crippen LogP contribution is -2.36. The van der Waals surface area contributed by atoms with Crippen molar-refractivity contribution in [2.24, 2.45) is 0 Å². The molecule has 0 saturated carbocycles. The zero-order chi connectivity index (χ0) is 19.6.